The van der Waals surface area contributed by atoms with E-state index in [0.717, 1.165) is 6.33 Å². The molecule has 1 aromatic carbocycles. The van der Waals surface area contributed by atoms with E-state index in [0.29, 0.717) is 11.4 Å². The lowest BCUT2D eigenvalue weighted by Crippen LogP contribution is -2.21. The molecule has 3 N–H and O–H groups in total. The van der Waals surface area contributed by atoms with Gasteiger partial charge in [-0.05, 0) is 30.3 Å². The number of aromatic amines is 1. The zero-order valence-electron chi connectivity index (χ0n) is 13.3. The molecule has 9 heteroatoms. The summed E-state index contributed by atoms with van der Waals surface area (Å²) in [5.74, 6) is -0.711. The van der Waals surface area contributed by atoms with Crippen LogP contribution in [-0.2, 0) is 11.2 Å². The van der Waals surface area contributed by atoms with E-state index in [1.807, 2.05) is 0 Å². The minimum Gasteiger partial charge on any atom is -0.493 e. The van der Waals surface area contributed by atoms with Crippen LogP contribution >= 0.6 is 0 Å². The van der Waals surface area contributed by atoms with Gasteiger partial charge in [-0.2, -0.15) is 0 Å². The highest BCUT2D eigenvalue weighted by atomic mass is 19.1. The molecule has 3 rings (SSSR count). The normalized spacial score (nSPS) is 10.3. The van der Waals surface area contributed by atoms with E-state index >= 15 is 0 Å². The van der Waals surface area contributed by atoms with Crippen molar-refractivity contribution in [2.24, 2.45) is 0 Å². The van der Waals surface area contributed by atoms with Gasteiger partial charge in [0.15, 0.2) is 0 Å². The summed E-state index contributed by atoms with van der Waals surface area (Å²) in [7, 11) is 0. The van der Waals surface area contributed by atoms with Crippen LogP contribution in [-0.4, -0.2) is 26.0 Å². The number of anilines is 1. The van der Waals surface area contributed by atoms with Crippen LogP contribution in [0.5, 0.6) is 17.5 Å². The largest absolute Gasteiger partial charge is 0.493 e. The number of halogens is 1. The first kappa shape index (κ1) is 17.1. The van der Waals surface area contributed by atoms with Gasteiger partial charge in [0.05, 0.1) is 30.2 Å². The standard InChI is InChI=1S/C17H13FN4O4/c18-10-1-4-12(5-2-10)26-15-6-3-11(8-19-15)22-14(23)7-13-16(24)20-9-21-17(13)25/h1-6,8-9H,7H2,(H,22,23)(H2,20,21,24,25). The van der Waals surface area contributed by atoms with E-state index in [1.165, 1.54) is 36.5 Å². The Labute approximate surface area is 146 Å². The molecule has 3 aromatic rings. The molecular formula is C17H13FN4O4. The molecule has 0 radical (unpaired) electrons. The SMILES string of the molecule is O=C(Cc1c(O)nc[nH]c1=O)Nc1ccc(Oc2ccc(F)cc2)nc1. The molecule has 2 heterocycles. The number of aromatic hydroxyl groups is 1. The second kappa shape index (κ2) is 7.43. The Kier molecular flexibility index (Phi) is 4.88. The van der Waals surface area contributed by atoms with E-state index in [9.17, 15) is 19.1 Å². The van der Waals surface area contributed by atoms with Crippen LogP contribution in [0.15, 0.2) is 53.7 Å². The van der Waals surface area contributed by atoms with Crippen LogP contribution < -0.4 is 15.6 Å². The van der Waals surface area contributed by atoms with E-state index in [1.54, 1.807) is 6.07 Å². The quantitative estimate of drug-likeness (QED) is 0.643. The van der Waals surface area contributed by atoms with Gasteiger partial charge >= 0.3 is 0 Å². The molecule has 0 unspecified atom stereocenters. The van der Waals surface area contributed by atoms with Crippen molar-refractivity contribution in [2.75, 3.05) is 5.32 Å². The van der Waals surface area contributed by atoms with Gasteiger partial charge in [0.1, 0.15) is 11.6 Å². The average Bonchev–Trinajstić information content (AvgIpc) is 2.62. The van der Waals surface area contributed by atoms with Gasteiger partial charge in [0.25, 0.3) is 5.56 Å². The van der Waals surface area contributed by atoms with Crippen molar-refractivity contribution < 1.29 is 19.0 Å². The molecular weight excluding hydrogens is 343 g/mol. The number of hydrogen-bond donors (Lipinski definition) is 3. The molecule has 1 amide bonds. The number of hydrogen-bond acceptors (Lipinski definition) is 6. The highest BCUT2D eigenvalue weighted by Gasteiger charge is 2.13. The summed E-state index contributed by atoms with van der Waals surface area (Å²) in [6.45, 7) is 0. The van der Waals surface area contributed by atoms with E-state index in [4.69, 9.17) is 4.74 Å². The molecule has 0 aliphatic rings. The molecule has 26 heavy (non-hydrogen) atoms. The Hall–Kier alpha value is -3.75. The highest BCUT2D eigenvalue weighted by molar-refractivity contribution is 5.92. The van der Waals surface area contributed by atoms with Gasteiger partial charge in [0, 0.05) is 6.07 Å². The number of nitrogens with one attached hydrogen (secondary N) is 2. The van der Waals surface area contributed by atoms with Crippen LogP contribution in [0.3, 0.4) is 0 Å². The van der Waals surface area contributed by atoms with Gasteiger partial charge in [-0.25, -0.2) is 14.4 Å². The highest BCUT2D eigenvalue weighted by Crippen LogP contribution is 2.20. The Balaban J connectivity index is 1.62. The van der Waals surface area contributed by atoms with Gasteiger partial charge in [-0.15, -0.1) is 0 Å². The molecule has 0 saturated carbocycles. The zero-order valence-corrected chi connectivity index (χ0v) is 13.3. The van der Waals surface area contributed by atoms with Crippen LogP contribution in [0.25, 0.3) is 0 Å². The number of aromatic nitrogens is 3. The van der Waals surface area contributed by atoms with Crippen LogP contribution in [0.4, 0.5) is 10.1 Å². The van der Waals surface area contributed by atoms with Crippen molar-refractivity contribution in [3.8, 4) is 17.5 Å². The third kappa shape index (κ3) is 4.20. The first-order valence-corrected chi connectivity index (χ1v) is 7.46. The number of carbonyl (C=O) groups excluding carboxylic acids is 1. The fourth-order valence-electron chi connectivity index (χ4n) is 2.08. The molecule has 0 fully saturated rings. The molecule has 0 saturated heterocycles. The lowest BCUT2D eigenvalue weighted by Gasteiger charge is -2.07. The van der Waals surface area contributed by atoms with Crippen molar-refractivity contribution in [3.63, 3.8) is 0 Å². The minimum atomic E-state index is -0.589. The predicted octanol–water partition coefficient (Wildman–Crippen LogP) is 1.98. The fraction of sp³-hybridized carbons (Fsp3) is 0.0588. The average molecular weight is 356 g/mol. The van der Waals surface area contributed by atoms with Crippen molar-refractivity contribution in [1.29, 1.82) is 0 Å². The van der Waals surface area contributed by atoms with Crippen molar-refractivity contribution in [3.05, 3.63) is 70.7 Å². The van der Waals surface area contributed by atoms with Crippen LogP contribution in [0.2, 0.25) is 0 Å². The number of benzene rings is 1. The third-order valence-corrected chi connectivity index (χ3v) is 3.32. The van der Waals surface area contributed by atoms with Crippen molar-refractivity contribution in [2.45, 2.75) is 6.42 Å². The van der Waals surface area contributed by atoms with Crippen LogP contribution in [0, 0.1) is 5.82 Å². The molecule has 0 atom stereocenters. The summed E-state index contributed by atoms with van der Waals surface area (Å²) in [5.41, 5.74) is -0.343. The molecule has 0 spiro atoms. The number of nitrogens with zero attached hydrogens (tertiary/aromatic N) is 2. The monoisotopic (exact) mass is 356 g/mol. The summed E-state index contributed by atoms with van der Waals surface area (Å²) in [5, 5.41) is 12.1. The molecule has 0 aliphatic carbocycles. The number of amides is 1. The Bertz CT molecular complexity index is 971. The van der Waals surface area contributed by atoms with Gasteiger partial charge < -0.3 is 20.1 Å². The molecule has 0 aliphatic heterocycles. The van der Waals surface area contributed by atoms with Crippen LogP contribution in [0.1, 0.15) is 5.56 Å². The van der Waals surface area contributed by atoms with E-state index in [-0.39, 0.29) is 23.7 Å². The first-order chi connectivity index (χ1) is 12.5. The van der Waals surface area contributed by atoms with Gasteiger partial charge in [0.2, 0.25) is 17.7 Å². The Morgan fingerprint density at radius 2 is 1.96 bits per heavy atom. The minimum absolute atomic E-state index is 0.130. The molecule has 0 bridgehead atoms. The first-order valence-electron chi connectivity index (χ1n) is 7.46. The number of carbonyl (C=O) groups is 1. The van der Waals surface area contributed by atoms with E-state index < -0.39 is 17.3 Å². The summed E-state index contributed by atoms with van der Waals surface area (Å²) in [4.78, 5) is 33.4. The van der Waals surface area contributed by atoms with Gasteiger partial charge in [-0.3, -0.25) is 9.59 Å². The second-order valence-corrected chi connectivity index (χ2v) is 5.20. The van der Waals surface area contributed by atoms with Crippen molar-refractivity contribution in [1.82, 2.24) is 15.0 Å². The maximum atomic E-state index is 12.9. The number of H-pyrrole nitrogens is 1. The lowest BCUT2D eigenvalue weighted by molar-refractivity contribution is -0.115. The number of ether oxygens (including phenoxy) is 1. The molecule has 8 nitrogen and oxygen atoms in total. The fourth-order valence-corrected chi connectivity index (χ4v) is 2.08. The Morgan fingerprint density at radius 1 is 1.19 bits per heavy atom. The topological polar surface area (TPSA) is 117 Å². The smallest absolute Gasteiger partial charge is 0.258 e. The Morgan fingerprint density at radius 3 is 2.62 bits per heavy atom. The summed E-state index contributed by atoms with van der Waals surface area (Å²) in [6.07, 6.45) is 2.07. The molecule has 132 valence electrons. The maximum Gasteiger partial charge on any atom is 0.258 e. The van der Waals surface area contributed by atoms with Gasteiger partial charge in [-0.1, -0.05) is 0 Å². The number of pyridine rings is 1. The summed E-state index contributed by atoms with van der Waals surface area (Å²) < 4.78 is 18.3. The zero-order chi connectivity index (χ0) is 18.5. The second-order valence-electron chi connectivity index (χ2n) is 5.20. The predicted molar refractivity (Wildman–Crippen MR) is 89.6 cm³/mol. The van der Waals surface area contributed by atoms with Crippen molar-refractivity contribution >= 4 is 11.6 Å². The summed E-state index contributed by atoms with van der Waals surface area (Å²) >= 11 is 0. The van der Waals surface area contributed by atoms with E-state index in [2.05, 4.69) is 20.3 Å². The number of rotatable bonds is 5. The molecule has 2 aromatic heterocycles. The third-order valence-electron chi connectivity index (χ3n) is 3.32. The summed E-state index contributed by atoms with van der Waals surface area (Å²) in [6, 6.07) is 8.53. The maximum absolute atomic E-state index is 12.9. The lowest BCUT2D eigenvalue weighted by atomic mass is 10.2.